The van der Waals surface area contributed by atoms with Crippen molar-refractivity contribution in [3.63, 3.8) is 0 Å². The van der Waals surface area contributed by atoms with Gasteiger partial charge in [-0.3, -0.25) is 14.6 Å². The molecule has 0 aliphatic carbocycles. The monoisotopic (exact) mass is 494 g/mol. The topological polar surface area (TPSA) is 121 Å². The smallest absolute Gasteiger partial charge is 0.258 e. The molecule has 2 aliphatic heterocycles. The van der Waals surface area contributed by atoms with Crippen LogP contribution in [0.5, 0.6) is 5.75 Å². The molecule has 0 fully saturated rings. The number of carbonyl (C=O) groups is 1. The van der Waals surface area contributed by atoms with Crippen LogP contribution in [0.15, 0.2) is 70.7 Å². The highest BCUT2D eigenvalue weighted by Crippen LogP contribution is 2.32. The Labute approximate surface area is 213 Å². The van der Waals surface area contributed by atoms with Crippen molar-refractivity contribution in [1.82, 2.24) is 25.7 Å². The van der Waals surface area contributed by atoms with Gasteiger partial charge in [-0.15, -0.1) is 0 Å². The summed E-state index contributed by atoms with van der Waals surface area (Å²) in [5, 5.41) is 7.58. The molecule has 3 N–H and O–H groups in total. The van der Waals surface area contributed by atoms with Gasteiger partial charge in [0.1, 0.15) is 11.6 Å². The molecule has 37 heavy (non-hydrogen) atoms. The molecule has 6 rings (SSSR count). The number of hydrazone groups is 1. The average molecular weight is 495 g/mol. The van der Waals surface area contributed by atoms with E-state index >= 15 is 0 Å². The number of carbonyl (C=O) groups excluding carboxylic acids is 1. The minimum Gasteiger partial charge on any atom is -0.493 e. The van der Waals surface area contributed by atoms with Gasteiger partial charge >= 0.3 is 0 Å². The first-order chi connectivity index (χ1) is 18.1. The largest absolute Gasteiger partial charge is 0.493 e. The van der Waals surface area contributed by atoms with Gasteiger partial charge in [-0.25, -0.2) is 4.98 Å². The zero-order valence-electron chi connectivity index (χ0n) is 20.1. The van der Waals surface area contributed by atoms with E-state index in [1.54, 1.807) is 12.3 Å². The number of nitrogens with one attached hydrogen (secondary N) is 3. The van der Waals surface area contributed by atoms with Gasteiger partial charge in [0.25, 0.3) is 11.5 Å². The van der Waals surface area contributed by atoms with Crippen LogP contribution in [0.3, 0.4) is 0 Å². The second kappa shape index (κ2) is 9.85. The van der Waals surface area contributed by atoms with Crippen LogP contribution in [0, 0.1) is 0 Å². The molecule has 186 valence electrons. The van der Waals surface area contributed by atoms with E-state index in [2.05, 4.69) is 25.8 Å². The number of rotatable bonds is 6. The normalized spacial score (nSPS) is 18.2. The van der Waals surface area contributed by atoms with E-state index in [-0.39, 0.29) is 23.3 Å². The predicted molar refractivity (Wildman–Crippen MR) is 140 cm³/mol. The number of nitrogens with zero attached hydrogens (tertiary/aromatic N) is 3. The summed E-state index contributed by atoms with van der Waals surface area (Å²) in [7, 11) is 0. The lowest BCUT2D eigenvalue weighted by molar-refractivity contribution is 0.0954. The van der Waals surface area contributed by atoms with E-state index < -0.39 is 0 Å². The van der Waals surface area contributed by atoms with E-state index in [9.17, 15) is 9.59 Å². The Morgan fingerprint density at radius 3 is 2.92 bits per heavy atom. The predicted octanol–water partition coefficient (Wildman–Crippen LogP) is 2.68. The van der Waals surface area contributed by atoms with Crippen LogP contribution in [0.25, 0.3) is 10.9 Å². The average Bonchev–Trinajstić information content (AvgIpc) is 3.48. The number of aromatic nitrogens is 3. The fourth-order valence-electron chi connectivity index (χ4n) is 4.81. The molecular formula is C28H26N6O3. The number of H-pyrrole nitrogens is 1. The number of amides is 1. The zero-order valence-corrected chi connectivity index (χ0v) is 20.1. The quantitative estimate of drug-likeness (QED) is 0.379. The summed E-state index contributed by atoms with van der Waals surface area (Å²) in [6.07, 6.45) is 4.87. The number of ether oxygens (including phenoxy) is 1. The van der Waals surface area contributed by atoms with E-state index in [4.69, 9.17) is 9.72 Å². The van der Waals surface area contributed by atoms with Gasteiger partial charge in [0.15, 0.2) is 0 Å². The summed E-state index contributed by atoms with van der Waals surface area (Å²) in [6, 6.07) is 17.0. The Balaban J connectivity index is 1.17. The highest BCUT2D eigenvalue weighted by Gasteiger charge is 2.25. The molecule has 2 atom stereocenters. The molecule has 0 saturated carbocycles. The van der Waals surface area contributed by atoms with Crippen LogP contribution in [0.2, 0.25) is 0 Å². The number of pyridine rings is 1. The Morgan fingerprint density at radius 2 is 2.08 bits per heavy atom. The lowest BCUT2D eigenvalue weighted by Gasteiger charge is -2.25. The van der Waals surface area contributed by atoms with E-state index in [0.717, 1.165) is 29.1 Å². The van der Waals surface area contributed by atoms with Crippen molar-refractivity contribution in [2.24, 2.45) is 5.10 Å². The van der Waals surface area contributed by atoms with Crippen LogP contribution >= 0.6 is 0 Å². The van der Waals surface area contributed by atoms with Crippen molar-refractivity contribution in [3.05, 3.63) is 99.4 Å². The minimum absolute atomic E-state index is 0.127. The van der Waals surface area contributed by atoms with Crippen molar-refractivity contribution < 1.29 is 9.53 Å². The molecule has 1 amide bonds. The maximum Gasteiger partial charge on any atom is 0.258 e. The third-order valence-corrected chi connectivity index (χ3v) is 6.84. The third kappa shape index (κ3) is 4.80. The molecule has 0 bridgehead atoms. The highest BCUT2D eigenvalue weighted by atomic mass is 16.5. The number of fused-ring (bicyclic) bond motifs is 2. The molecule has 0 spiro atoms. The Hall–Kier alpha value is -4.53. The molecule has 0 saturated heterocycles. The summed E-state index contributed by atoms with van der Waals surface area (Å²) < 4.78 is 5.98. The highest BCUT2D eigenvalue weighted by molar-refractivity contribution is 5.94. The number of aromatic amines is 1. The van der Waals surface area contributed by atoms with Gasteiger partial charge in [-0.1, -0.05) is 12.1 Å². The third-order valence-electron chi connectivity index (χ3n) is 6.84. The van der Waals surface area contributed by atoms with E-state index in [0.29, 0.717) is 48.3 Å². The van der Waals surface area contributed by atoms with Crippen LogP contribution in [-0.2, 0) is 12.8 Å². The van der Waals surface area contributed by atoms with Crippen LogP contribution in [-0.4, -0.2) is 46.8 Å². The van der Waals surface area contributed by atoms with Gasteiger partial charge < -0.3 is 20.5 Å². The van der Waals surface area contributed by atoms with Crippen molar-refractivity contribution in [1.29, 1.82) is 0 Å². The van der Waals surface area contributed by atoms with Crippen LogP contribution in [0.1, 0.15) is 44.8 Å². The second-order valence-corrected chi connectivity index (χ2v) is 9.34. The first kappa shape index (κ1) is 22.9. The molecule has 9 heteroatoms. The van der Waals surface area contributed by atoms with Gasteiger partial charge in [0, 0.05) is 49.1 Å². The summed E-state index contributed by atoms with van der Waals surface area (Å²) in [5.74, 6) is 1.22. The molecule has 2 unspecified atom stereocenters. The standard InChI is InChI=1S/C28H26N6O3/c35-27(30-10-8-22-3-1-2-9-29-22)18-5-7-25-19(11-18)12-20(16-37-25)26-33-24-6-4-17(21-14-31-32-15-21)13-23(24)28(36)34-26/h1-7,9,11,13-14,20-21,32H,8,10,12,15-16H2,(H,30,35)(H,33,34,36). The van der Waals surface area contributed by atoms with Crippen molar-refractivity contribution >= 4 is 23.0 Å². The van der Waals surface area contributed by atoms with E-state index in [1.165, 1.54) is 0 Å². The van der Waals surface area contributed by atoms with Crippen LogP contribution < -0.4 is 21.0 Å². The minimum atomic E-state index is -0.170. The molecule has 9 nitrogen and oxygen atoms in total. The van der Waals surface area contributed by atoms with Gasteiger partial charge in [0.2, 0.25) is 0 Å². The Kier molecular flexibility index (Phi) is 6.10. The summed E-state index contributed by atoms with van der Waals surface area (Å²) in [5.41, 5.74) is 6.88. The maximum absolute atomic E-state index is 13.0. The number of hydrogen-bond donors (Lipinski definition) is 3. The summed E-state index contributed by atoms with van der Waals surface area (Å²) in [6.45, 7) is 1.62. The van der Waals surface area contributed by atoms with Crippen molar-refractivity contribution in [2.75, 3.05) is 19.7 Å². The van der Waals surface area contributed by atoms with Gasteiger partial charge in [-0.2, -0.15) is 5.10 Å². The van der Waals surface area contributed by atoms with Crippen LogP contribution in [0.4, 0.5) is 0 Å². The van der Waals surface area contributed by atoms with Crippen molar-refractivity contribution in [3.8, 4) is 5.75 Å². The SMILES string of the molecule is O=C(NCCc1ccccn1)c1ccc2c(c1)CC(c1nc3ccc(C4C=NNC4)cc3c(=O)[nH]1)CO2. The summed E-state index contributed by atoms with van der Waals surface area (Å²) in [4.78, 5) is 37.7. The Morgan fingerprint density at radius 1 is 1.14 bits per heavy atom. The zero-order chi connectivity index (χ0) is 25.2. The lowest BCUT2D eigenvalue weighted by atomic mass is 9.94. The molecule has 4 heterocycles. The second-order valence-electron chi connectivity index (χ2n) is 9.34. The molecule has 4 aromatic rings. The molecule has 2 aliphatic rings. The first-order valence-corrected chi connectivity index (χ1v) is 12.4. The maximum atomic E-state index is 13.0. The van der Waals surface area contributed by atoms with E-state index in [1.807, 2.05) is 54.7 Å². The molecule has 2 aromatic heterocycles. The van der Waals surface area contributed by atoms with Gasteiger partial charge in [-0.05, 0) is 60.0 Å². The number of hydrogen-bond acceptors (Lipinski definition) is 7. The molecular weight excluding hydrogens is 468 g/mol. The summed E-state index contributed by atoms with van der Waals surface area (Å²) >= 11 is 0. The molecule has 0 radical (unpaired) electrons. The fourth-order valence-corrected chi connectivity index (χ4v) is 4.81. The lowest BCUT2D eigenvalue weighted by Crippen LogP contribution is -2.27. The Bertz CT molecular complexity index is 1550. The first-order valence-electron chi connectivity index (χ1n) is 12.4. The van der Waals surface area contributed by atoms with Crippen molar-refractivity contribution in [2.45, 2.75) is 24.7 Å². The fraction of sp³-hybridized carbons (Fsp3) is 0.250. The number of benzene rings is 2. The van der Waals surface area contributed by atoms with Gasteiger partial charge in [0.05, 0.1) is 23.4 Å². The molecule has 2 aromatic carbocycles.